The van der Waals surface area contributed by atoms with E-state index < -0.39 is 0 Å². The Morgan fingerprint density at radius 2 is 2.00 bits per heavy atom. The topological polar surface area (TPSA) is 56.0 Å². The van der Waals surface area contributed by atoms with Crippen LogP contribution < -0.4 is 5.73 Å². The summed E-state index contributed by atoms with van der Waals surface area (Å²) in [6, 6.07) is 6.05. The number of hydrogen-bond acceptors (Lipinski definition) is 2. The van der Waals surface area contributed by atoms with Crippen molar-refractivity contribution in [1.29, 1.82) is 0 Å². The normalized spacial score (nSPS) is 14.1. The first-order valence-corrected chi connectivity index (χ1v) is 7.99. The van der Waals surface area contributed by atoms with Gasteiger partial charge in [-0.1, -0.05) is 38.1 Å². The Morgan fingerprint density at radius 1 is 1.27 bits per heavy atom. The lowest BCUT2D eigenvalue weighted by molar-refractivity contribution is -0.121. The summed E-state index contributed by atoms with van der Waals surface area (Å²) < 4.78 is 0. The van der Waals surface area contributed by atoms with Gasteiger partial charge in [0.1, 0.15) is 0 Å². The summed E-state index contributed by atoms with van der Waals surface area (Å²) in [5.74, 6) is 0.754. The van der Waals surface area contributed by atoms with E-state index in [1.54, 1.807) is 6.08 Å². The molecule has 0 saturated heterocycles. The summed E-state index contributed by atoms with van der Waals surface area (Å²) in [4.78, 5) is 15.7. The lowest BCUT2D eigenvalue weighted by Crippen LogP contribution is -2.22. The summed E-state index contributed by atoms with van der Waals surface area (Å²) in [6.45, 7) is 8.15. The second-order valence-electron chi connectivity index (χ2n) is 6.10. The monoisotopic (exact) mass is 300 g/mol. The van der Waals surface area contributed by atoms with Crippen molar-refractivity contribution in [3.63, 3.8) is 0 Å². The van der Waals surface area contributed by atoms with E-state index in [9.17, 15) is 4.79 Å². The van der Waals surface area contributed by atoms with Gasteiger partial charge in [-0.25, -0.2) is 0 Å². The number of primary amides is 1. The zero-order valence-corrected chi connectivity index (χ0v) is 13.7. The maximum absolute atomic E-state index is 11.3. The van der Waals surface area contributed by atoms with Gasteiger partial charge < -0.3 is 5.73 Å². The minimum atomic E-state index is -0.251. The Bertz CT molecular complexity index is 479. The smallest absolute Gasteiger partial charge is 0.221 e. The molecular formula is C19H28N2O. The van der Waals surface area contributed by atoms with Crippen LogP contribution in [0, 0.1) is 17.8 Å². The van der Waals surface area contributed by atoms with Gasteiger partial charge in [0, 0.05) is 17.8 Å². The van der Waals surface area contributed by atoms with Crippen molar-refractivity contribution < 1.29 is 4.79 Å². The van der Waals surface area contributed by atoms with E-state index in [0.717, 1.165) is 18.5 Å². The number of allylic oxidation sites excluding steroid dienone is 3. The number of hydrogen-bond donors (Lipinski definition) is 1. The molecule has 3 nitrogen and oxygen atoms in total. The van der Waals surface area contributed by atoms with Crippen LogP contribution in [0.4, 0.5) is 0 Å². The van der Waals surface area contributed by atoms with Crippen LogP contribution in [-0.2, 0) is 11.2 Å². The standard InChI is InChI=1S/C19H28N2O/c1-4-9-16(19(20)22)10-5-6-11-17(15(2)3)14-18-12-7-8-13-21-18/h4-8,12-13,15-17H,1,9-11,14H2,2-3H3,(H2,20,22)/b6-5+. The van der Waals surface area contributed by atoms with Gasteiger partial charge in [-0.05, 0) is 49.7 Å². The van der Waals surface area contributed by atoms with Crippen LogP contribution >= 0.6 is 0 Å². The first-order valence-electron chi connectivity index (χ1n) is 7.99. The highest BCUT2D eigenvalue weighted by atomic mass is 16.1. The molecule has 0 bridgehead atoms. The molecule has 0 fully saturated rings. The minimum absolute atomic E-state index is 0.137. The average Bonchev–Trinajstić information content (AvgIpc) is 2.49. The van der Waals surface area contributed by atoms with Crippen molar-refractivity contribution in [3.8, 4) is 0 Å². The molecule has 0 radical (unpaired) electrons. The molecule has 2 unspecified atom stereocenters. The van der Waals surface area contributed by atoms with E-state index in [1.165, 1.54) is 0 Å². The van der Waals surface area contributed by atoms with Crippen LogP contribution in [0.5, 0.6) is 0 Å². The molecule has 0 saturated carbocycles. The zero-order chi connectivity index (χ0) is 16.4. The highest BCUT2D eigenvalue weighted by Gasteiger charge is 2.14. The lowest BCUT2D eigenvalue weighted by atomic mass is 9.87. The number of nitrogens with zero attached hydrogens (tertiary/aromatic N) is 1. The van der Waals surface area contributed by atoms with Gasteiger partial charge >= 0.3 is 0 Å². The number of pyridine rings is 1. The molecule has 0 aliphatic carbocycles. The number of nitrogens with two attached hydrogens (primary N) is 1. The Balaban J connectivity index is 2.52. The van der Waals surface area contributed by atoms with E-state index >= 15 is 0 Å². The molecule has 120 valence electrons. The van der Waals surface area contributed by atoms with Crippen LogP contribution in [0.25, 0.3) is 0 Å². The predicted molar refractivity (Wildman–Crippen MR) is 92.1 cm³/mol. The van der Waals surface area contributed by atoms with Gasteiger partial charge in [-0.2, -0.15) is 0 Å². The molecule has 0 aromatic carbocycles. The van der Waals surface area contributed by atoms with Crippen molar-refractivity contribution in [2.75, 3.05) is 0 Å². The highest BCUT2D eigenvalue weighted by molar-refractivity contribution is 5.76. The predicted octanol–water partition coefficient (Wildman–Crippen LogP) is 3.91. The van der Waals surface area contributed by atoms with E-state index in [1.807, 2.05) is 18.3 Å². The molecule has 0 aliphatic heterocycles. The van der Waals surface area contributed by atoms with Crippen LogP contribution in [0.2, 0.25) is 0 Å². The summed E-state index contributed by atoms with van der Waals surface area (Å²) in [7, 11) is 0. The Morgan fingerprint density at radius 3 is 2.55 bits per heavy atom. The minimum Gasteiger partial charge on any atom is -0.369 e. The Labute approximate surface area is 134 Å². The zero-order valence-electron chi connectivity index (χ0n) is 13.7. The molecule has 1 amide bonds. The molecule has 0 spiro atoms. The fraction of sp³-hybridized carbons (Fsp3) is 0.474. The van der Waals surface area contributed by atoms with Gasteiger partial charge in [-0.3, -0.25) is 9.78 Å². The van der Waals surface area contributed by atoms with Crippen molar-refractivity contribution in [2.45, 2.75) is 39.5 Å². The van der Waals surface area contributed by atoms with Gasteiger partial charge in [0.2, 0.25) is 5.91 Å². The van der Waals surface area contributed by atoms with Gasteiger partial charge in [0.15, 0.2) is 0 Å². The first-order chi connectivity index (χ1) is 10.5. The van der Waals surface area contributed by atoms with E-state index in [0.29, 0.717) is 24.7 Å². The number of aromatic nitrogens is 1. The first kappa shape index (κ1) is 18.1. The van der Waals surface area contributed by atoms with Crippen molar-refractivity contribution in [1.82, 2.24) is 4.98 Å². The maximum atomic E-state index is 11.3. The van der Waals surface area contributed by atoms with E-state index in [4.69, 9.17) is 5.73 Å². The summed E-state index contributed by atoms with van der Waals surface area (Å²) in [5, 5.41) is 0. The summed E-state index contributed by atoms with van der Waals surface area (Å²) in [5.41, 5.74) is 6.52. The van der Waals surface area contributed by atoms with Crippen LogP contribution in [0.3, 0.4) is 0 Å². The second kappa shape index (κ2) is 9.93. The number of carbonyl (C=O) groups excluding carboxylic acids is 1. The van der Waals surface area contributed by atoms with Crippen LogP contribution in [0.15, 0.2) is 49.2 Å². The molecule has 1 aromatic rings. The molecule has 22 heavy (non-hydrogen) atoms. The molecule has 2 atom stereocenters. The highest BCUT2D eigenvalue weighted by Crippen LogP contribution is 2.21. The fourth-order valence-electron chi connectivity index (χ4n) is 2.44. The Kier molecular flexibility index (Phi) is 8.19. The number of rotatable bonds is 10. The third-order valence-electron chi connectivity index (χ3n) is 4.02. The third kappa shape index (κ3) is 6.70. The summed E-state index contributed by atoms with van der Waals surface area (Å²) >= 11 is 0. The SMILES string of the molecule is C=CCC(C/C=C/CC(Cc1ccccn1)C(C)C)C(N)=O. The molecule has 3 heteroatoms. The number of carbonyl (C=O) groups is 1. The quantitative estimate of drug-likeness (QED) is 0.666. The van der Waals surface area contributed by atoms with Crippen molar-refractivity contribution in [3.05, 3.63) is 54.9 Å². The lowest BCUT2D eigenvalue weighted by Gasteiger charge is -2.19. The molecule has 2 N–H and O–H groups in total. The van der Waals surface area contributed by atoms with Crippen LogP contribution in [-0.4, -0.2) is 10.9 Å². The maximum Gasteiger partial charge on any atom is 0.221 e. The van der Waals surface area contributed by atoms with Crippen molar-refractivity contribution in [2.24, 2.45) is 23.5 Å². The molecular weight excluding hydrogens is 272 g/mol. The largest absolute Gasteiger partial charge is 0.369 e. The molecule has 1 rings (SSSR count). The average molecular weight is 300 g/mol. The summed E-state index contributed by atoms with van der Waals surface area (Å²) in [6.07, 6.45) is 11.1. The Hall–Kier alpha value is -1.90. The fourth-order valence-corrected chi connectivity index (χ4v) is 2.44. The third-order valence-corrected chi connectivity index (χ3v) is 4.02. The molecule has 1 aromatic heterocycles. The van der Waals surface area contributed by atoms with Crippen molar-refractivity contribution >= 4 is 5.91 Å². The van der Waals surface area contributed by atoms with Gasteiger partial charge in [0.05, 0.1) is 0 Å². The van der Waals surface area contributed by atoms with Gasteiger partial charge in [-0.15, -0.1) is 6.58 Å². The molecule has 0 aliphatic rings. The number of amides is 1. The molecule has 1 heterocycles. The van der Waals surface area contributed by atoms with E-state index in [-0.39, 0.29) is 11.8 Å². The van der Waals surface area contributed by atoms with Crippen LogP contribution in [0.1, 0.15) is 38.8 Å². The second-order valence-corrected chi connectivity index (χ2v) is 6.10. The van der Waals surface area contributed by atoms with Gasteiger partial charge in [0.25, 0.3) is 0 Å². The van der Waals surface area contributed by atoms with E-state index in [2.05, 4.69) is 43.6 Å².